The van der Waals surface area contributed by atoms with Crippen LogP contribution in [0.5, 0.6) is 0 Å². The summed E-state index contributed by atoms with van der Waals surface area (Å²) in [5.41, 5.74) is 1.52. The highest BCUT2D eigenvalue weighted by Gasteiger charge is 2.35. The monoisotopic (exact) mass is 364 g/mol. The molecule has 24 heavy (non-hydrogen) atoms. The van der Waals surface area contributed by atoms with Crippen molar-refractivity contribution in [1.82, 2.24) is 4.90 Å². The van der Waals surface area contributed by atoms with Gasteiger partial charge >= 0.3 is 0 Å². The van der Waals surface area contributed by atoms with E-state index in [-0.39, 0.29) is 15.5 Å². The number of hydrogen-bond donors (Lipinski definition) is 1. The first-order chi connectivity index (χ1) is 11.3. The third-order valence-corrected chi connectivity index (χ3v) is 6.94. The Morgan fingerprint density at radius 2 is 2.00 bits per heavy atom. The van der Waals surface area contributed by atoms with Gasteiger partial charge in [0, 0.05) is 23.9 Å². The van der Waals surface area contributed by atoms with Crippen LogP contribution in [-0.2, 0) is 15.4 Å². The minimum absolute atomic E-state index is 0.0219. The maximum absolute atomic E-state index is 12.8. The van der Waals surface area contributed by atoms with Crippen LogP contribution in [0.2, 0.25) is 0 Å². The minimum atomic E-state index is -3.76. The van der Waals surface area contributed by atoms with Crippen LogP contribution in [0, 0.1) is 0 Å². The van der Waals surface area contributed by atoms with Crippen LogP contribution in [-0.4, -0.2) is 32.3 Å². The number of sulfonamides is 1. The highest BCUT2D eigenvalue weighted by molar-refractivity contribution is 7.91. The van der Waals surface area contributed by atoms with Crippen molar-refractivity contribution < 1.29 is 13.2 Å². The van der Waals surface area contributed by atoms with Crippen LogP contribution < -0.4 is 5.14 Å². The molecule has 1 aliphatic rings. The van der Waals surface area contributed by atoms with Gasteiger partial charge in [-0.3, -0.25) is 4.79 Å². The molecule has 1 aliphatic heterocycles. The first-order valence-corrected chi connectivity index (χ1v) is 10.2. The van der Waals surface area contributed by atoms with E-state index in [2.05, 4.69) is 19.1 Å². The van der Waals surface area contributed by atoms with Gasteiger partial charge in [0.1, 0.15) is 4.21 Å². The molecule has 1 saturated heterocycles. The highest BCUT2D eigenvalue weighted by atomic mass is 32.2. The van der Waals surface area contributed by atoms with Crippen LogP contribution in [0.1, 0.15) is 35.7 Å². The van der Waals surface area contributed by atoms with E-state index in [1.807, 2.05) is 23.1 Å². The Morgan fingerprint density at radius 3 is 2.62 bits per heavy atom. The molecule has 3 rings (SSSR count). The summed E-state index contributed by atoms with van der Waals surface area (Å²) in [5, 5.41) is 6.69. The van der Waals surface area contributed by atoms with Gasteiger partial charge in [-0.15, -0.1) is 11.3 Å². The van der Waals surface area contributed by atoms with Crippen molar-refractivity contribution in [1.29, 1.82) is 0 Å². The fourth-order valence-corrected chi connectivity index (χ4v) is 4.83. The fourth-order valence-electron chi connectivity index (χ4n) is 3.25. The Bertz CT molecular complexity index is 846. The maximum Gasteiger partial charge on any atom is 0.254 e. The third kappa shape index (κ3) is 3.38. The van der Waals surface area contributed by atoms with Gasteiger partial charge in [0.2, 0.25) is 10.0 Å². The van der Waals surface area contributed by atoms with Crippen molar-refractivity contribution in [2.24, 2.45) is 5.14 Å². The number of nitrogens with two attached hydrogens (primary N) is 1. The molecule has 0 bridgehead atoms. The Morgan fingerprint density at radius 1 is 1.29 bits per heavy atom. The molecule has 5 nitrogen and oxygen atoms in total. The van der Waals surface area contributed by atoms with Gasteiger partial charge in [0.05, 0.1) is 5.56 Å². The molecule has 1 aromatic heterocycles. The lowest BCUT2D eigenvalue weighted by Crippen LogP contribution is -2.47. The summed E-state index contributed by atoms with van der Waals surface area (Å²) in [6, 6.07) is 11.6. The van der Waals surface area contributed by atoms with E-state index in [9.17, 15) is 13.2 Å². The van der Waals surface area contributed by atoms with Gasteiger partial charge in [0.25, 0.3) is 5.91 Å². The molecule has 1 atom stereocenters. The second-order valence-corrected chi connectivity index (χ2v) is 9.16. The van der Waals surface area contributed by atoms with Crippen LogP contribution >= 0.6 is 11.3 Å². The van der Waals surface area contributed by atoms with E-state index < -0.39 is 10.0 Å². The van der Waals surface area contributed by atoms with Gasteiger partial charge in [-0.1, -0.05) is 37.3 Å². The van der Waals surface area contributed by atoms with E-state index in [0.29, 0.717) is 18.7 Å². The van der Waals surface area contributed by atoms with E-state index in [1.54, 1.807) is 5.38 Å². The Kier molecular flexibility index (Phi) is 4.50. The van der Waals surface area contributed by atoms with E-state index in [0.717, 1.165) is 24.2 Å². The molecular formula is C17H20N2O3S2. The van der Waals surface area contributed by atoms with E-state index in [1.165, 1.54) is 11.6 Å². The van der Waals surface area contributed by atoms with Crippen molar-refractivity contribution in [3.63, 3.8) is 0 Å². The number of primary sulfonamides is 1. The number of carbonyl (C=O) groups excluding carboxylic acids is 1. The van der Waals surface area contributed by atoms with Crippen LogP contribution in [0.25, 0.3) is 0 Å². The van der Waals surface area contributed by atoms with Gasteiger partial charge in [-0.2, -0.15) is 0 Å². The summed E-state index contributed by atoms with van der Waals surface area (Å²) < 4.78 is 22.8. The molecule has 0 aliphatic carbocycles. The molecule has 1 unspecified atom stereocenters. The average molecular weight is 364 g/mol. The van der Waals surface area contributed by atoms with Crippen molar-refractivity contribution in [2.75, 3.05) is 13.1 Å². The first-order valence-electron chi connectivity index (χ1n) is 7.76. The largest absolute Gasteiger partial charge is 0.338 e. The molecule has 0 saturated carbocycles. The topological polar surface area (TPSA) is 80.5 Å². The summed E-state index contributed by atoms with van der Waals surface area (Å²) in [6.45, 7) is 3.48. The van der Waals surface area contributed by atoms with Gasteiger partial charge in [0.15, 0.2) is 0 Å². The third-order valence-electron chi connectivity index (χ3n) is 4.56. The lowest BCUT2D eigenvalue weighted by Gasteiger charge is -2.41. The number of piperidine rings is 1. The van der Waals surface area contributed by atoms with Crippen LogP contribution in [0.15, 0.2) is 46.0 Å². The van der Waals surface area contributed by atoms with E-state index in [4.69, 9.17) is 5.14 Å². The average Bonchev–Trinajstić information content (AvgIpc) is 3.05. The SMILES string of the molecule is CC1(c2ccccc2)CCCN(C(=O)c2csc(S(N)(=O)=O)c2)C1. The number of benzene rings is 1. The van der Waals surface area contributed by atoms with E-state index >= 15 is 0 Å². The van der Waals surface area contributed by atoms with Crippen LogP contribution in [0.4, 0.5) is 0 Å². The second kappa shape index (κ2) is 6.31. The summed E-state index contributed by atoms with van der Waals surface area (Å²) in [6.07, 6.45) is 1.94. The molecule has 1 fully saturated rings. The molecule has 0 spiro atoms. The molecule has 2 N–H and O–H groups in total. The molecule has 1 amide bonds. The van der Waals surface area contributed by atoms with Crippen molar-refractivity contribution >= 4 is 27.3 Å². The number of carbonyl (C=O) groups is 1. The lowest BCUT2D eigenvalue weighted by molar-refractivity contribution is 0.0651. The first kappa shape index (κ1) is 17.1. The normalized spacial score (nSPS) is 21.7. The molecule has 7 heteroatoms. The van der Waals surface area contributed by atoms with Crippen LogP contribution in [0.3, 0.4) is 0 Å². The van der Waals surface area contributed by atoms with Gasteiger partial charge < -0.3 is 4.90 Å². The van der Waals surface area contributed by atoms with Crippen molar-refractivity contribution in [3.8, 4) is 0 Å². The number of likely N-dealkylation sites (tertiary alicyclic amines) is 1. The zero-order valence-electron chi connectivity index (χ0n) is 13.4. The fraction of sp³-hybridized carbons (Fsp3) is 0.353. The number of amides is 1. The molecule has 1 aromatic carbocycles. The summed E-state index contributed by atoms with van der Waals surface area (Å²) in [7, 11) is -3.76. The highest BCUT2D eigenvalue weighted by Crippen LogP contribution is 2.34. The Labute approximate surface area is 146 Å². The van der Waals surface area contributed by atoms with Crippen molar-refractivity contribution in [3.05, 3.63) is 52.9 Å². The Hall–Kier alpha value is -1.70. The molecular weight excluding hydrogens is 344 g/mol. The summed E-state index contributed by atoms with van der Waals surface area (Å²) >= 11 is 0.985. The number of hydrogen-bond acceptors (Lipinski definition) is 4. The quantitative estimate of drug-likeness (QED) is 0.909. The van der Waals surface area contributed by atoms with Gasteiger partial charge in [-0.25, -0.2) is 13.6 Å². The summed E-state index contributed by atoms with van der Waals surface area (Å²) in [5.74, 6) is -0.136. The molecule has 0 radical (unpaired) electrons. The predicted octanol–water partition coefficient (Wildman–Crippen LogP) is 2.59. The van der Waals surface area contributed by atoms with Crippen molar-refractivity contribution in [2.45, 2.75) is 29.4 Å². The smallest absolute Gasteiger partial charge is 0.254 e. The Balaban J connectivity index is 1.82. The molecule has 128 valence electrons. The molecule has 2 heterocycles. The zero-order valence-corrected chi connectivity index (χ0v) is 15.1. The maximum atomic E-state index is 12.8. The summed E-state index contributed by atoms with van der Waals surface area (Å²) in [4.78, 5) is 14.6. The number of rotatable bonds is 3. The standard InChI is InChI=1S/C17H20N2O3S2/c1-17(14-6-3-2-4-7-14)8-5-9-19(12-17)16(20)13-10-15(23-11-13)24(18,21)22/h2-4,6-7,10-11H,5,8-9,12H2,1H3,(H2,18,21,22). The lowest BCUT2D eigenvalue weighted by atomic mass is 9.76. The second-order valence-electron chi connectivity index (χ2n) is 6.46. The number of nitrogens with zero attached hydrogens (tertiary/aromatic N) is 1. The number of thiophene rings is 1. The molecule has 2 aromatic rings. The van der Waals surface area contributed by atoms with Gasteiger partial charge in [-0.05, 0) is 24.5 Å². The zero-order chi connectivity index (χ0) is 17.4. The minimum Gasteiger partial charge on any atom is -0.338 e. The predicted molar refractivity (Wildman–Crippen MR) is 94.6 cm³/mol.